The Morgan fingerprint density at radius 2 is 2.03 bits per heavy atom. The lowest BCUT2D eigenvalue weighted by atomic mass is 9.90. The second-order valence-corrected chi connectivity index (χ2v) is 11.0. The number of hydrogen-bond donors (Lipinski definition) is 1. The van der Waals surface area contributed by atoms with Crippen molar-refractivity contribution in [3.05, 3.63) is 53.0 Å². The van der Waals surface area contributed by atoms with Crippen LogP contribution >= 0.6 is 0 Å². The van der Waals surface area contributed by atoms with Gasteiger partial charge in [-0.2, -0.15) is 5.10 Å². The van der Waals surface area contributed by atoms with Gasteiger partial charge in [-0.05, 0) is 79.5 Å². The summed E-state index contributed by atoms with van der Waals surface area (Å²) >= 11 is -1.93. The van der Waals surface area contributed by atoms with Crippen LogP contribution in [0.4, 0.5) is 0 Å². The molecule has 7 nitrogen and oxygen atoms in total. The molecule has 4 heterocycles. The molecule has 0 amide bonds. The second kappa shape index (κ2) is 9.24. The van der Waals surface area contributed by atoms with Gasteiger partial charge in [0, 0.05) is 41.5 Å². The Balaban J connectivity index is 1.42. The number of likely N-dealkylation sites (tertiary alicyclic amines) is 1. The molecule has 4 aromatic rings. The highest BCUT2D eigenvalue weighted by Crippen LogP contribution is 2.38. The van der Waals surface area contributed by atoms with Gasteiger partial charge >= 0.3 is 0 Å². The minimum atomic E-state index is -1.93. The molecular formula is C26H32N5O2S-. The molecule has 1 fully saturated rings. The van der Waals surface area contributed by atoms with E-state index in [4.69, 9.17) is 0 Å². The van der Waals surface area contributed by atoms with Crippen molar-refractivity contribution in [3.8, 4) is 11.3 Å². The van der Waals surface area contributed by atoms with Crippen molar-refractivity contribution >= 4 is 27.6 Å². The van der Waals surface area contributed by atoms with Gasteiger partial charge in [0.2, 0.25) is 0 Å². The third kappa shape index (κ3) is 4.30. The number of nitrogens with one attached hydrogen (secondary N) is 1. The van der Waals surface area contributed by atoms with E-state index in [2.05, 4.69) is 72.1 Å². The predicted molar refractivity (Wildman–Crippen MR) is 136 cm³/mol. The van der Waals surface area contributed by atoms with E-state index in [9.17, 15) is 8.76 Å². The minimum Gasteiger partial charge on any atom is -0.772 e. The lowest BCUT2D eigenvalue weighted by Crippen LogP contribution is -2.48. The Hall–Kier alpha value is -2.55. The average Bonchev–Trinajstić information content (AvgIpc) is 3.38. The summed E-state index contributed by atoms with van der Waals surface area (Å²) in [5.74, 6) is 1.26. The van der Waals surface area contributed by atoms with Crippen LogP contribution in [0.2, 0.25) is 0 Å². The maximum absolute atomic E-state index is 10.7. The van der Waals surface area contributed by atoms with Gasteiger partial charge < -0.3 is 14.4 Å². The third-order valence-electron chi connectivity index (χ3n) is 7.22. The quantitative estimate of drug-likeness (QED) is 0.380. The van der Waals surface area contributed by atoms with Crippen LogP contribution in [0.15, 0.2) is 30.7 Å². The Bertz CT molecular complexity index is 1370. The summed E-state index contributed by atoms with van der Waals surface area (Å²) in [6.07, 6.45) is 5.48. The van der Waals surface area contributed by atoms with Crippen LogP contribution in [0.1, 0.15) is 48.4 Å². The molecule has 0 saturated carbocycles. The number of aromatic amines is 1. The zero-order valence-electron chi connectivity index (χ0n) is 20.3. The number of aryl methyl sites for hydroxylation is 1. The topological polar surface area (TPSA) is 89.3 Å². The maximum atomic E-state index is 10.7. The van der Waals surface area contributed by atoms with Crippen molar-refractivity contribution in [2.75, 3.05) is 25.4 Å². The van der Waals surface area contributed by atoms with Gasteiger partial charge in [0.05, 0.1) is 5.69 Å². The van der Waals surface area contributed by atoms with Crippen LogP contribution in [0.5, 0.6) is 0 Å². The van der Waals surface area contributed by atoms with Crippen LogP contribution in [-0.4, -0.2) is 58.6 Å². The van der Waals surface area contributed by atoms with E-state index in [1.807, 2.05) is 4.52 Å². The summed E-state index contributed by atoms with van der Waals surface area (Å²) in [7, 11) is 0. The van der Waals surface area contributed by atoms with Crippen molar-refractivity contribution in [1.82, 2.24) is 24.5 Å². The van der Waals surface area contributed by atoms with E-state index >= 15 is 0 Å². The second-order valence-electron chi connectivity index (χ2n) is 9.96. The lowest BCUT2D eigenvalue weighted by Gasteiger charge is -2.39. The van der Waals surface area contributed by atoms with Crippen LogP contribution in [0, 0.1) is 19.8 Å². The number of hydrogen-bond acceptors (Lipinski definition) is 5. The number of H-pyrrole nitrogens is 1. The fourth-order valence-corrected chi connectivity index (χ4v) is 5.75. The standard InChI is InChI=1S/C26H33N5O2S/c1-16(2)24-21-11-19(10-20-12-30(13-20)8-5-9-34(32)33)6-7-23(21)29-25(24)22-14-31-26(27-15-28-31)18(4)17(22)3/h6-7,11,14-16,20,29H,5,8-10,12-13H2,1-4H3,(H,32,33)/p-1. The highest BCUT2D eigenvalue weighted by atomic mass is 32.2. The molecule has 1 unspecified atom stereocenters. The van der Waals surface area contributed by atoms with Crippen molar-refractivity contribution in [1.29, 1.82) is 0 Å². The van der Waals surface area contributed by atoms with E-state index in [1.54, 1.807) is 6.33 Å². The Labute approximate surface area is 202 Å². The molecule has 0 radical (unpaired) electrons. The zero-order chi connectivity index (χ0) is 24.0. The van der Waals surface area contributed by atoms with E-state index in [0.29, 0.717) is 11.8 Å². The summed E-state index contributed by atoms with van der Waals surface area (Å²) in [6, 6.07) is 6.83. The number of pyridine rings is 1. The van der Waals surface area contributed by atoms with E-state index in [-0.39, 0.29) is 5.75 Å². The summed E-state index contributed by atoms with van der Waals surface area (Å²) in [5.41, 5.74) is 9.51. The number of aromatic nitrogens is 4. The van der Waals surface area contributed by atoms with E-state index in [0.717, 1.165) is 43.7 Å². The molecule has 180 valence electrons. The van der Waals surface area contributed by atoms with Crippen molar-refractivity contribution in [2.45, 2.75) is 46.5 Å². The van der Waals surface area contributed by atoms with Crippen molar-refractivity contribution in [3.63, 3.8) is 0 Å². The van der Waals surface area contributed by atoms with Gasteiger partial charge in [-0.1, -0.05) is 31.0 Å². The monoisotopic (exact) mass is 478 g/mol. The van der Waals surface area contributed by atoms with E-state index < -0.39 is 11.1 Å². The third-order valence-corrected chi connectivity index (χ3v) is 7.84. The van der Waals surface area contributed by atoms with Crippen molar-refractivity contribution in [2.24, 2.45) is 5.92 Å². The molecule has 1 aromatic carbocycles. The zero-order valence-corrected chi connectivity index (χ0v) is 21.1. The average molecular weight is 479 g/mol. The first-order chi connectivity index (χ1) is 16.3. The smallest absolute Gasteiger partial charge is 0.158 e. The first kappa shape index (κ1) is 23.2. The molecular weight excluding hydrogens is 446 g/mol. The molecule has 0 bridgehead atoms. The van der Waals surface area contributed by atoms with Gasteiger partial charge in [-0.3, -0.25) is 4.21 Å². The highest BCUT2D eigenvalue weighted by Gasteiger charge is 2.26. The van der Waals surface area contributed by atoms with Gasteiger partial charge in [0.15, 0.2) is 5.65 Å². The molecule has 8 heteroatoms. The molecule has 0 spiro atoms. The number of rotatable bonds is 8. The van der Waals surface area contributed by atoms with Gasteiger partial charge in [0.1, 0.15) is 6.33 Å². The molecule has 1 atom stereocenters. The summed E-state index contributed by atoms with van der Waals surface area (Å²) in [6.45, 7) is 11.8. The fraction of sp³-hybridized carbons (Fsp3) is 0.462. The number of fused-ring (bicyclic) bond motifs is 2. The Kier molecular flexibility index (Phi) is 6.31. The normalized spacial score (nSPS) is 16.1. The first-order valence-corrected chi connectivity index (χ1v) is 13.3. The van der Waals surface area contributed by atoms with Crippen molar-refractivity contribution < 1.29 is 8.76 Å². The fourth-order valence-electron chi connectivity index (χ4n) is 5.38. The maximum Gasteiger partial charge on any atom is 0.158 e. The molecule has 1 N–H and O–H groups in total. The van der Waals surface area contributed by atoms with Gasteiger partial charge in [-0.15, -0.1) is 0 Å². The molecule has 0 aliphatic carbocycles. The highest BCUT2D eigenvalue weighted by molar-refractivity contribution is 7.79. The summed E-state index contributed by atoms with van der Waals surface area (Å²) in [4.78, 5) is 10.5. The van der Waals surface area contributed by atoms with Crippen LogP contribution < -0.4 is 0 Å². The van der Waals surface area contributed by atoms with Crippen LogP contribution in [-0.2, 0) is 17.5 Å². The largest absolute Gasteiger partial charge is 0.772 e. The summed E-state index contributed by atoms with van der Waals surface area (Å²) < 4.78 is 23.3. The minimum absolute atomic E-state index is 0.258. The molecule has 1 aliphatic rings. The number of nitrogens with zero attached hydrogens (tertiary/aromatic N) is 4. The Morgan fingerprint density at radius 1 is 1.24 bits per heavy atom. The lowest BCUT2D eigenvalue weighted by molar-refractivity contribution is 0.101. The Morgan fingerprint density at radius 3 is 2.76 bits per heavy atom. The van der Waals surface area contributed by atoms with Gasteiger partial charge in [-0.25, -0.2) is 9.50 Å². The van der Waals surface area contributed by atoms with Gasteiger partial charge in [0.25, 0.3) is 0 Å². The van der Waals surface area contributed by atoms with E-state index in [1.165, 1.54) is 38.9 Å². The molecule has 3 aromatic heterocycles. The molecule has 1 saturated heterocycles. The molecule has 1 aliphatic heterocycles. The molecule has 34 heavy (non-hydrogen) atoms. The van der Waals surface area contributed by atoms with Crippen LogP contribution in [0.25, 0.3) is 27.8 Å². The first-order valence-electron chi connectivity index (χ1n) is 12.0. The SMILES string of the molecule is Cc1c(-c2[nH]c3ccc(CC4CN(CCCS(=O)[O-])C4)cc3c2C(C)C)cn2ncnc2c1C. The summed E-state index contributed by atoms with van der Waals surface area (Å²) in [5, 5.41) is 5.69. The molecule has 5 rings (SSSR count). The van der Waals surface area contributed by atoms with Crippen LogP contribution in [0.3, 0.4) is 0 Å². The predicted octanol–water partition coefficient (Wildman–Crippen LogP) is 4.36. The number of benzene rings is 1.